The van der Waals surface area contributed by atoms with Crippen molar-refractivity contribution < 1.29 is 19.1 Å². The van der Waals surface area contributed by atoms with E-state index in [-0.39, 0.29) is 12.5 Å². The molecule has 0 aromatic heterocycles. The molecule has 2 amide bonds. The third-order valence-corrected chi connectivity index (χ3v) is 2.98. The fourth-order valence-corrected chi connectivity index (χ4v) is 1.86. The molecular formula is C17H17N3O4. The molecule has 7 heteroatoms. The summed E-state index contributed by atoms with van der Waals surface area (Å²) in [5.41, 5.74) is 6.20. The molecule has 2 rings (SSSR count). The van der Waals surface area contributed by atoms with Crippen molar-refractivity contribution in [1.82, 2.24) is 5.43 Å². The summed E-state index contributed by atoms with van der Waals surface area (Å²) in [6.07, 6.45) is 0. The van der Waals surface area contributed by atoms with Gasteiger partial charge in [0.25, 0.3) is 5.91 Å². The Morgan fingerprint density at radius 1 is 0.917 bits per heavy atom. The monoisotopic (exact) mass is 327 g/mol. The minimum atomic E-state index is -0.990. The summed E-state index contributed by atoms with van der Waals surface area (Å²) in [5, 5.41) is 2.74. The topological polar surface area (TPSA) is 96.5 Å². The maximum absolute atomic E-state index is 12.2. The molecule has 0 bridgehead atoms. The normalized spacial score (nSPS) is 9.71. The lowest BCUT2D eigenvalue weighted by atomic mass is 10.2. The van der Waals surface area contributed by atoms with Crippen molar-refractivity contribution in [2.45, 2.75) is 6.92 Å². The Balaban J connectivity index is 2.04. The number of amides is 2. The van der Waals surface area contributed by atoms with Crippen molar-refractivity contribution in [3.8, 4) is 0 Å². The van der Waals surface area contributed by atoms with Crippen LogP contribution < -0.4 is 16.2 Å². The molecule has 0 heterocycles. The predicted molar refractivity (Wildman–Crippen MR) is 89.2 cm³/mol. The number of anilines is 2. The summed E-state index contributed by atoms with van der Waals surface area (Å²) < 4.78 is 4.58. The number of ether oxygens (including phenoxy) is 1. The zero-order valence-corrected chi connectivity index (χ0v) is 13.0. The molecule has 124 valence electrons. The van der Waals surface area contributed by atoms with E-state index < -0.39 is 11.9 Å². The Labute approximate surface area is 139 Å². The van der Waals surface area contributed by atoms with Gasteiger partial charge in [-0.1, -0.05) is 30.3 Å². The van der Waals surface area contributed by atoms with E-state index in [9.17, 15) is 14.4 Å². The van der Waals surface area contributed by atoms with Gasteiger partial charge in [0.05, 0.1) is 18.0 Å². The van der Waals surface area contributed by atoms with E-state index in [1.54, 1.807) is 55.5 Å². The first-order chi connectivity index (χ1) is 11.6. The number of esters is 1. The van der Waals surface area contributed by atoms with Gasteiger partial charge in [-0.25, -0.2) is 4.79 Å². The van der Waals surface area contributed by atoms with Crippen LogP contribution in [0, 0.1) is 0 Å². The predicted octanol–water partition coefficient (Wildman–Crippen LogP) is 1.95. The first-order valence-electron chi connectivity index (χ1n) is 7.30. The lowest BCUT2D eigenvalue weighted by Crippen LogP contribution is -2.36. The van der Waals surface area contributed by atoms with Gasteiger partial charge in [-0.3, -0.25) is 20.4 Å². The average Bonchev–Trinajstić information content (AvgIpc) is 2.61. The smallest absolute Gasteiger partial charge is 0.398 e. The fourth-order valence-electron chi connectivity index (χ4n) is 1.86. The van der Waals surface area contributed by atoms with Crippen molar-refractivity contribution in [1.29, 1.82) is 0 Å². The molecule has 0 radical (unpaired) electrons. The van der Waals surface area contributed by atoms with Gasteiger partial charge < -0.3 is 10.1 Å². The zero-order chi connectivity index (χ0) is 17.4. The van der Waals surface area contributed by atoms with E-state index in [1.807, 2.05) is 6.07 Å². The number of carbonyl (C=O) groups is 3. The zero-order valence-electron chi connectivity index (χ0n) is 13.0. The number of hydrazine groups is 1. The van der Waals surface area contributed by atoms with E-state index in [0.717, 1.165) is 0 Å². The summed E-state index contributed by atoms with van der Waals surface area (Å²) in [7, 11) is 0. The maximum Gasteiger partial charge on any atom is 0.398 e. The van der Waals surface area contributed by atoms with Crippen LogP contribution in [0.15, 0.2) is 54.6 Å². The van der Waals surface area contributed by atoms with Crippen LogP contribution in [-0.2, 0) is 14.3 Å². The lowest BCUT2D eigenvalue weighted by Gasteiger charge is -2.13. The SMILES string of the molecule is CCOC(=O)C(=O)NNc1ccccc1NC(=O)c1ccccc1. The number of hydrogen-bond donors (Lipinski definition) is 3. The standard InChI is InChI=1S/C17H17N3O4/c1-2-24-17(23)16(22)20-19-14-11-7-6-10-13(14)18-15(21)12-8-4-3-5-9-12/h3-11,19H,2H2,1H3,(H,18,21)(H,20,22). The molecule has 0 aliphatic carbocycles. The van der Waals surface area contributed by atoms with Crippen LogP contribution in [0.4, 0.5) is 11.4 Å². The van der Waals surface area contributed by atoms with Gasteiger partial charge in [-0.05, 0) is 31.2 Å². The van der Waals surface area contributed by atoms with Gasteiger partial charge in [-0.15, -0.1) is 0 Å². The number of rotatable bonds is 5. The quantitative estimate of drug-likeness (QED) is 0.443. The van der Waals surface area contributed by atoms with E-state index in [2.05, 4.69) is 20.9 Å². The van der Waals surface area contributed by atoms with Crippen LogP contribution in [0.25, 0.3) is 0 Å². The molecule has 0 fully saturated rings. The molecule has 7 nitrogen and oxygen atoms in total. The van der Waals surface area contributed by atoms with Crippen molar-refractivity contribution in [3.63, 3.8) is 0 Å². The Morgan fingerprint density at radius 3 is 2.21 bits per heavy atom. The number of para-hydroxylation sites is 2. The minimum Gasteiger partial charge on any atom is -0.459 e. The molecule has 2 aromatic carbocycles. The van der Waals surface area contributed by atoms with Gasteiger partial charge in [0.15, 0.2) is 0 Å². The summed E-state index contributed by atoms with van der Waals surface area (Å²) in [6, 6.07) is 15.5. The number of nitrogens with one attached hydrogen (secondary N) is 3. The van der Waals surface area contributed by atoms with E-state index in [4.69, 9.17) is 0 Å². The third kappa shape index (κ3) is 4.57. The highest BCUT2D eigenvalue weighted by Gasteiger charge is 2.15. The molecule has 0 aliphatic heterocycles. The Hall–Kier alpha value is -3.35. The molecule has 0 saturated carbocycles. The lowest BCUT2D eigenvalue weighted by molar-refractivity contribution is -0.154. The Bertz CT molecular complexity index is 732. The van der Waals surface area contributed by atoms with Gasteiger partial charge in [0.2, 0.25) is 0 Å². The van der Waals surface area contributed by atoms with Crippen LogP contribution in [0.3, 0.4) is 0 Å². The third-order valence-electron chi connectivity index (χ3n) is 2.98. The molecule has 0 unspecified atom stereocenters. The Morgan fingerprint density at radius 2 is 1.54 bits per heavy atom. The number of carbonyl (C=O) groups excluding carboxylic acids is 3. The molecule has 24 heavy (non-hydrogen) atoms. The van der Waals surface area contributed by atoms with Crippen molar-refractivity contribution >= 4 is 29.2 Å². The molecule has 0 spiro atoms. The molecule has 3 N–H and O–H groups in total. The van der Waals surface area contributed by atoms with E-state index >= 15 is 0 Å². The van der Waals surface area contributed by atoms with Crippen molar-refractivity contribution in [3.05, 3.63) is 60.2 Å². The van der Waals surface area contributed by atoms with Crippen molar-refractivity contribution in [2.75, 3.05) is 17.3 Å². The minimum absolute atomic E-state index is 0.107. The molecule has 2 aromatic rings. The van der Waals surface area contributed by atoms with Gasteiger partial charge in [0.1, 0.15) is 0 Å². The van der Waals surface area contributed by atoms with Crippen LogP contribution >= 0.6 is 0 Å². The highest BCUT2D eigenvalue weighted by molar-refractivity contribution is 6.32. The average molecular weight is 327 g/mol. The molecular weight excluding hydrogens is 310 g/mol. The fraction of sp³-hybridized carbons (Fsp3) is 0.118. The largest absolute Gasteiger partial charge is 0.459 e. The van der Waals surface area contributed by atoms with Crippen LogP contribution in [0.1, 0.15) is 17.3 Å². The molecule has 0 aliphatic rings. The maximum atomic E-state index is 12.2. The second-order valence-electron chi connectivity index (χ2n) is 4.67. The van der Waals surface area contributed by atoms with Crippen molar-refractivity contribution in [2.24, 2.45) is 0 Å². The van der Waals surface area contributed by atoms with E-state index in [0.29, 0.717) is 16.9 Å². The first-order valence-corrected chi connectivity index (χ1v) is 7.30. The van der Waals surface area contributed by atoms with Crippen LogP contribution in [-0.4, -0.2) is 24.4 Å². The highest BCUT2D eigenvalue weighted by atomic mass is 16.5. The Kier molecular flexibility index (Phi) is 5.90. The molecule has 0 atom stereocenters. The van der Waals surface area contributed by atoms with Crippen LogP contribution in [0.5, 0.6) is 0 Å². The van der Waals surface area contributed by atoms with Crippen LogP contribution in [0.2, 0.25) is 0 Å². The number of hydrogen-bond acceptors (Lipinski definition) is 5. The summed E-state index contributed by atoms with van der Waals surface area (Å²) in [5.74, 6) is -2.21. The van der Waals surface area contributed by atoms with Gasteiger partial charge in [0, 0.05) is 5.56 Å². The first kappa shape index (κ1) is 17.0. The summed E-state index contributed by atoms with van der Waals surface area (Å²) in [4.78, 5) is 35.0. The summed E-state index contributed by atoms with van der Waals surface area (Å²) in [6.45, 7) is 1.71. The van der Waals surface area contributed by atoms with Gasteiger partial charge >= 0.3 is 11.9 Å². The van der Waals surface area contributed by atoms with Gasteiger partial charge in [-0.2, -0.15) is 0 Å². The molecule has 0 saturated heterocycles. The summed E-state index contributed by atoms with van der Waals surface area (Å²) >= 11 is 0. The second kappa shape index (κ2) is 8.33. The second-order valence-corrected chi connectivity index (χ2v) is 4.67. The van der Waals surface area contributed by atoms with E-state index in [1.165, 1.54) is 0 Å². The number of benzene rings is 2. The highest BCUT2D eigenvalue weighted by Crippen LogP contribution is 2.20.